The van der Waals surface area contributed by atoms with Crippen LogP contribution in [-0.4, -0.2) is 15.1 Å². The van der Waals surface area contributed by atoms with Crippen molar-refractivity contribution in [2.45, 2.75) is 30.5 Å². The molecule has 0 radical (unpaired) electrons. The maximum atomic E-state index is 13.2. The highest BCUT2D eigenvalue weighted by Gasteiger charge is 2.42. The summed E-state index contributed by atoms with van der Waals surface area (Å²) in [5.41, 5.74) is 5.05. The van der Waals surface area contributed by atoms with Crippen LogP contribution < -0.4 is 0 Å². The lowest BCUT2D eigenvalue weighted by Crippen LogP contribution is -2.39. The summed E-state index contributed by atoms with van der Waals surface area (Å²) >= 11 is 10.0. The number of fused-ring (bicyclic) bond motifs is 3. The predicted octanol–water partition coefficient (Wildman–Crippen LogP) is 5.64. The van der Waals surface area contributed by atoms with Gasteiger partial charge in [0.25, 0.3) is 0 Å². The molecule has 2 aromatic carbocycles. The van der Waals surface area contributed by atoms with Crippen LogP contribution in [-0.2, 0) is 12.8 Å². The van der Waals surface area contributed by atoms with Crippen LogP contribution in [0.4, 0.5) is 0 Å². The molecule has 24 heavy (non-hydrogen) atoms. The Morgan fingerprint density at radius 3 is 2.71 bits per heavy atom. The molecule has 0 bridgehead atoms. The minimum atomic E-state index is -0.542. The first kappa shape index (κ1) is 15.9. The van der Waals surface area contributed by atoms with Crippen molar-refractivity contribution in [3.05, 3.63) is 69.9 Å². The van der Waals surface area contributed by atoms with Gasteiger partial charge in [-0.1, -0.05) is 57.9 Å². The number of nitrogens with one attached hydrogen (secondary N) is 1. The molecule has 1 aliphatic carbocycles. The van der Waals surface area contributed by atoms with E-state index in [0.717, 1.165) is 45.6 Å². The largest absolute Gasteiger partial charge is 0.352 e. The zero-order valence-electron chi connectivity index (χ0n) is 13.3. The molecule has 2 nitrogen and oxygen atoms in total. The Bertz CT molecular complexity index is 947. The number of hydrogen-bond donors (Lipinski definition) is 1. The lowest BCUT2D eigenvalue weighted by atomic mass is 9.81. The van der Waals surface area contributed by atoms with Gasteiger partial charge in [0.1, 0.15) is 0 Å². The van der Waals surface area contributed by atoms with E-state index < -0.39 is 4.32 Å². The van der Waals surface area contributed by atoms with Gasteiger partial charge in [0, 0.05) is 15.9 Å². The molecule has 1 heterocycles. The highest BCUT2D eigenvalue weighted by Crippen LogP contribution is 2.41. The number of rotatable bonds is 2. The van der Waals surface area contributed by atoms with Crippen LogP contribution in [0.1, 0.15) is 33.6 Å². The number of aryl methyl sites for hydroxylation is 2. The summed E-state index contributed by atoms with van der Waals surface area (Å²) in [7, 11) is 0. The first-order valence-corrected chi connectivity index (χ1v) is 9.24. The summed E-state index contributed by atoms with van der Waals surface area (Å²) in [6, 6.07) is 14.0. The third kappa shape index (κ3) is 2.42. The van der Waals surface area contributed by atoms with Gasteiger partial charge in [-0.2, -0.15) is 0 Å². The second kappa shape index (κ2) is 5.75. The quantitative estimate of drug-likeness (QED) is 0.553. The molecule has 0 fully saturated rings. The molecule has 1 aliphatic rings. The van der Waals surface area contributed by atoms with Crippen molar-refractivity contribution in [3.8, 4) is 0 Å². The zero-order chi connectivity index (χ0) is 16.9. The molecule has 122 valence electrons. The Hall–Kier alpha value is -1.58. The molecule has 3 aromatic rings. The first-order valence-electron chi connectivity index (χ1n) is 8.07. The van der Waals surface area contributed by atoms with Crippen LogP contribution in [0.2, 0.25) is 5.02 Å². The smallest absolute Gasteiger partial charge is 0.196 e. The molecule has 0 aliphatic heterocycles. The summed E-state index contributed by atoms with van der Waals surface area (Å²) in [6.07, 6.45) is 2.34. The number of aromatic amines is 1. The molecule has 0 amide bonds. The number of aromatic nitrogens is 1. The van der Waals surface area contributed by atoms with Crippen LogP contribution in [0.15, 0.2) is 42.5 Å². The number of hydrogen-bond acceptors (Lipinski definition) is 1. The van der Waals surface area contributed by atoms with E-state index in [9.17, 15) is 4.79 Å². The maximum absolute atomic E-state index is 13.2. The van der Waals surface area contributed by atoms with E-state index in [1.807, 2.05) is 37.3 Å². The second-order valence-corrected chi connectivity index (χ2v) is 8.46. The van der Waals surface area contributed by atoms with Crippen molar-refractivity contribution in [1.82, 2.24) is 4.98 Å². The average molecular weight is 403 g/mol. The fourth-order valence-corrected chi connectivity index (χ4v) is 4.58. The second-order valence-electron chi connectivity index (χ2n) is 6.53. The van der Waals surface area contributed by atoms with Gasteiger partial charge < -0.3 is 4.98 Å². The van der Waals surface area contributed by atoms with E-state index in [1.165, 1.54) is 5.56 Å². The number of halogens is 2. The summed E-state index contributed by atoms with van der Waals surface area (Å²) in [5, 5.41) is 1.86. The molecule has 1 aromatic heterocycles. The van der Waals surface area contributed by atoms with Gasteiger partial charge in [0.15, 0.2) is 5.78 Å². The Labute approximate surface area is 154 Å². The van der Waals surface area contributed by atoms with Gasteiger partial charge >= 0.3 is 0 Å². The molecular formula is C20H17BrClNO. The standard InChI is InChI=1S/C20H17BrClNO/c1-12-15(22)7-8-16-17(12)14-9-10-20(21,19(24)18(14)23-16)11-13-5-3-2-4-6-13/h2-8,23H,9-11H2,1H3. The average Bonchev–Trinajstić information content (AvgIpc) is 2.96. The van der Waals surface area contributed by atoms with Crippen LogP contribution in [0.25, 0.3) is 10.9 Å². The summed E-state index contributed by atoms with van der Waals surface area (Å²) in [5.74, 6) is 0.138. The van der Waals surface area contributed by atoms with Gasteiger partial charge in [-0.05, 0) is 55.0 Å². The summed E-state index contributed by atoms with van der Waals surface area (Å²) in [4.78, 5) is 16.5. The van der Waals surface area contributed by atoms with Crippen molar-refractivity contribution in [1.29, 1.82) is 0 Å². The molecule has 4 rings (SSSR count). The highest BCUT2D eigenvalue weighted by atomic mass is 79.9. The van der Waals surface area contributed by atoms with Crippen molar-refractivity contribution >= 4 is 44.2 Å². The Balaban J connectivity index is 1.79. The van der Waals surface area contributed by atoms with E-state index in [1.54, 1.807) is 0 Å². The molecule has 1 atom stereocenters. The molecule has 0 spiro atoms. The summed E-state index contributed by atoms with van der Waals surface area (Å²) in [6.45, 7) is 2.02. The van der Waals surface area contributed by atoms with E-state index in [2.05, 4.69) is 33.0 Å². The monoisotopic (exact) mass is 401 g/mol. The number of ketones is 1. The molecule has 0 saturated carbocycles. The van der Waals surface area contributed by atoms with Gasteiger partial charge in [-0.25, -0.2) is 0 Å². The molecular weight excluding hydrogens is 386 g/mol. The molecule has 0 saturated heterocycles. The fourth-order valence-electron chi connectivity index (χ4n) is 3.71. The van der Waals surface area contributed by atoms with Crippen molar-refractivity contribution < 1.29 is 4.79 Å². The third-order valence-corrected chi connectivity index (χ3v) is 6.44. The Morgan fingerprint density at radius 2 is 1.96 bits per heavy atom. The summed E-state index contributed by atoms with van der Waals surface area (Å²) < 4.78 is -0.542. The molecule has 1 unspecified atom stereocenters. The highest BCUT2D eigenvalue weighted by molar-refractivity contribution is 9.10. The van der Waals surface area contributed by atoms with Crippen molar-refractivity contribution in [2.24, 2.45) is 0 Å². The van der Waals surface area contributed by atoms with Gasteiger partial charge in [-0.3, -0.25) is 4.79 Å². The van der Waals surface area contributed by atoms with Crippen molar-refractivity contribution in [3.63, 3.8) is 0 Å². The normalized spacial score (nSPS) is 20.4. The number of alkyl halides is 1. The van der Waals surface area contributed by atoms with Gasteiger partial charge in [-0.15, -0.1) is 0 Å². The van der Waals surface area contributed by atoms with E-state index in [-0.39, 0.29) is 5.78 Å². The number of benzene rings is 2. The molecule has 4 heteroatoms. The fraction of sp³-hybridized carbons (Fsp3) is 0.250. The zero-order valence-corrected chi connectivity index (χ0v) is 15.7. The number of Topliss-reactive ketones (excluding diaryl/α,β-unsaturated/α-hetero) is 1. The first-order chi connectivity index (χ1) is 11.5. The van der Waals surface area contributed by atoms with Gasteiger partial charge in [0.2, 0.25) is 0 Å². The number of H-pyrrole nitrogens is 1. The molecule has 1 N–H and O–H groups in total. The maximum Gasteiger partial charge on any atom is 0.196 e. The minimum Gasteiger partial charge on any atom is -0.352 e. The SMILES string of the molecule is Cc1c(Cl)ccc2[nH]c3c(c12)CCC(Br)(Cc1ccccc1)C3=O. The Morgan fingerprint density at radius 1 is 1.21 bits per heavy atom. The van der Waals surface area contributed by atoms with Gasteiger partial charge in [0.05, 0.1) is 10.0 Å². The van der Waals surface area contributed by atoms with E-state index in [0.29, 0.717) is 6.42 Å². The Kier molecular flexibility index (Phi) is 3.81. The number of carbonyl (C=O) groups excluding carboxylic acids is 1. The van der Waals surface area contributed by atoms with E-state index >= 15 is 0 Å². The third-order valence-electron chi connectivity index (χ3n) is 4.99. The lowest BCUT2D eigenvalue weighted by Gasteiger charge is -2.30. The van der Waals surface area contributed by atoms with E-state index in [4.69, 9.17) is 11.6 Å². The minimum absolute atomic E-state index is 0.138. The van der Waals surface area contributed by atoms with Crippen LogP contribution in [0.5, 0.6) is 0 Å². The lowest BCUT2D eigenvalue weighted by molar-refractivity contribution is 0.0927. The van der Waals surface area contributed by atoms with Crippen molar-refractivity contribution in [2.75, 3.05) is 0 Å². The topological polar surface area (TPSA) is 32.9 Å². The van der Waals surface area contributed by atoms with Crippen LogP contribution >= 0.6 is 27.5 Å². The van der Waals surface area contributed by atoms with Crippen LogP contribution in [0.3, 0.4) is 0 Å². The number of carbonyl (C=O) groups is 1. The predicted molar refractivity (Wildman–Crippen MR) is 103 cm³/mol. The van der Waals surface area contributed by atoms with Crippen LogP contribution in [0, 0.1) is 6.92 Å².